The zero-order valence-corrected chi connectivity index (χ0v) is 17.9. The summed E-state index contributed by atoms with van der Waals surface area (Å²) in [7, 11) is 0. The van der Waals surface area contributed by atoms with Gasteiger partial charge >= 0.3 is 0 Å². The highest BCUT2D eigenvalue weighted by atomic mass is 35.5. The van der Waals surface area contributed by atoms with Crippen molar-refractivity contribution in [3.05, 3.63) is 71.3 Å². The molecule has 7 nitrogen and oxygen atoms in total. The quantitative estimate of drug-likeness (QED) is 0.283. The van der Waals surface area contributed by atoms with E-state index in [4.69, 9.17) is 22.2 Å². The Kier molecular flexibility index (Phi) is 5.22. The number of halogens is 1. The van der Waals surface area contributed by atoms with Crippen molar-refractivity contribution >= 4 is 34.6 Å². The molecule has 30 heavy (non-hydrogen) atoms. The van der Waals surface area contributed by atoms with Crippen LogP contribution in [0, 0.1) is 6.92 Å². The highest BCUT2D eigenvalue weighted by Gasteiger charge is 2.28. The van der Waals surface area contributed by atoms with Crippen LogP contribution < -0.4 is 10.6 Å². The number of anilines is 2. The summed E-state index contributed by atoms with van der Waals surface area (Å²) >= 11 is 6.12. The fourth-order valence-electron chi connectivity index (χ4n) is 3.60. The van der Waals surface area contributed by atoms with Gasteiger partial charge in [-0.05, 0) is 56.3 Å². The molecular weight excluding hydrogens is 400 g/mol. The Morgan fingerprint density at radius 2 is 1.93 bits per heavy atom. The summed E-state index contributed by atoms with van der Waals surface area (Å²) in [5.74, 6) is 2.66. The fourth-order valence-corrected chi connectivity index (χ4v) is 3.72. The van der Waals surface area contributed by atoms with Crippen LogP contribution in [-0.2, 0) is 4.84 Å². The molecule has 0 unspecified atom stereocenters. The van der Waals surface area contributed by atoms with Gasteiger partial charge in [0.25, 0.3) is 0 Å². The summed E-state index contributed by atoms with van der Waals surface area (Å²) in [5, 5.41) is 13.3. The van der Waals surface area contributed by atoms with E-state index in [9.17, 15) is 0 Å². The van der Waals surface area contributed by atoms with Crippen LogP contribution in [0.25, 0.3) is 11.4 Å². The van der Waals surface area contributed by atoms with Crippen LogP contribution in [0.2, 0.25) is 5.02 Å². The summed E-state index contributed by atoms with van der Waals surface area (Å²) in [6, 6.07) is 13.8. The molecule has 0 amide bonds. The van der Waals surface area contributed by atoms with Crippen LogP contribution in [0.1, 0.15) is 37.0 Å². The van der Waals surface area contributed by atoms with E-state index in [0.29, 0.717) is 16.6 Å². The Morgan fingerprint density at radius 1 is 1.20 bits per heavy atom. The molecule has 2 heterocycles. The first-order valence-corrected chi connectivity index (χ1v) is 9.98. The lowest BCUT2D eigenvalue weighted by Crippen LogP contribution is -2.22. The van der Waals surface area contributed by atoms with Crippen molar-refractivity contribution in [2.24, 2.45) is 10.9 Å². The predicted octanol–water partition coefficient (Wildman–Crippen LogP) is 4.76. The number of rotatable bonds is 4. The van der Waals surface area contributed by atoms with Gasteiger partial charge in [0.05, 0.1) is 11.4 Å². The maximum atomic E-state index is 6.12. The van der Waals surface area contributed by atoms with Gasteiger partial charge in [0.1, 0.15) is 17.5 Å². The standard InChI is InChI=1S/C22H23ClN6O/c1-13-12-28(19-8-6-18(23)7-9-19)21-11-17(14(2)30-27-15(3)24)5-10-20(21)29-16(4)25-26-22(13)29/h5-11,13H,2,12H2,1,3-4H3,(H2,24,27)/t13-/m1/s1. The van der Waals surface area contributed by atoms with Gasteiger partial charge in [-0.25, -0.2) is 0 Å². The molecule has 1 aromatic heterocycles. The average molecular weight is 423 g/mol. The first kappa shape index (κ1) is 20.0. The van der Waals surface area contributed by atoms with Crippen LogP contribution in [0.4, 0.5) is 11.4 Å². The molecule has 0 fully saturated rings. The third kappa shape index (κ3) is 3.64. The second-order valence-corrected chi connectivity index (χ2v) is 7.82. The Labute approximate surface area is 180 Å². The number of hydrogen-bond acceptors (Lipinski definition) is 5. The molecule has 0 aliphatic carbocycles. The molecule has 0 saturated carbocycles. The maximum Gasteiger partial charge on any atom is 0.158 e. The number of nitrogens with two attached hydrogens (primary N) is 1. The zero-order chi connectivity index (χ0) is 21.4. The molecule has 1 aliphatic rings. The number of aromatic nitrogens is 3. The molecule has 2 aromatic carbocycles. The number of oxime groups is 1. The number of benzene rings is 2. The number of fused-ring (bicyclic) bond motifs is 3. The third-order valence-corrected chi connectivity index (χ3v) is 5.27. The van der Waals surface area contributed by atoms with Crippen LogP contribution in [0.5, 0.6) is 0 Å². The molecule has 2 N–H and O–H groups in total. The second kappa shape index (κ2) is 7.84. The van der Waals surface area contributed by atoms with Crippen LogP contribution in [-0.4, -0.2) is 27.1 Å². The smallest absolute Gasteiger partial charge is 0.158 e. The molecule has 1 aliphatic heterocycles. The van der Waals surface area contributed by atoms with E-state index in [1.54, 1.807) is 6.92 Å². The number of aryl methyl sites for hydroxylation is 1. The lowest BCUT2D eigenvalue weighted by atomic mass is 10.1. The van der Waals surface area contributed by atoms with E-state index in [0.717, 1.165) is 40.8 Å². The van der Waals surface area contributed by atoms with Crippen molar-refractivity contribution < 1.29 is 4.84 Å². The van der Waals surface area contributed by atoms with Gasteiger partial charge in [0.2, 0.25) is 0 Å². The van der Waals surface area contributed by atoms with Crippen molar-refractivity contribution in [3.63, 3.8) is 0 Å². The Hall–Kier alpha value is -3.32. The van der Waals surface area contributed by atoms with Gasteiger partial charge in [-0.15, -0.1) is 10.2 Å². The van der Waals surface area contributed by atoms with E-state index in [1.165, 1.54) is 0 Å². The van der Waals surface area contributed by atoms with Crippen molar-refractivity contribution in [2.45, 2.75) is 26.7 Å². The monoisotopic (exact) mass is 422 g/mol. The molecule has 0 saturated heterocycles. The Morgan fingerprint density at radius 3 is 2.63 bits per heavy atom. The fraction of sp³-hybridized carbons (Fsp3) is 0.227. The van der Waals surface area contributed by atoms with Crippen LogP contribution in [0.15, 0.2) is 54.2 Å². The maximum absolute atomic E-state index is 6.12. The summed E-state index contributed by atoms with van der Waals surface area (Å²) in [6.45, 7) is 10.5. The van der Waals surface area contributed by atoms with E-state index in [-0.39, 0.29) is 5.92 Å². The van der Waals surface area contributed by atoms with Crippen molar-refractivity contribution in [3.8, 4) is 5.69 Å². The van der Waals surface area contributed by atoms with Gasteiger partial charge in [0, 0.05) is 28.7 Å². The Bertz CT molecular complexity index is 1130. The molecule has 0 radical (unpaired) electrons. The molecule has 0 bridgehead atoms. The highest BCUT2D eigenvalue weighted by Crippen LogP contribution is 2.39. The summed E-state index contributed by atoms with van der Waals surface area (Å²) in [5.41, 5.74) is 9.39. The zero-order valence-electron chi connectivity index (χ0n) is 17.1. The molecule has 154 valence electrons. The van der Waals surface area contributed by atoms with Crippen molar-refractivity contribution in [1.82, 2.24) is 14.8 Å². The minimum atomic E-state index is 0.154. The summed E-state index contributed by atoms with van der Waals surface area (Å²) < 4.78 is 2.10. The van der Waals surface area contributed by atoms with Gasteiger partial charge in [0.15, 0.2) is 5.76 Å². The van der Waals surface area contributed by atoms with Gasteiger partial charge in [-0.3, -0.25) is 4.57 Å². The Balaban J connectivity index is 1.88. The topological polar surface area (TPSA) is 81.6 Å². The molecule has 0 spiro atoms. The van der Waals surface area contributed by atoms with Gasteiger partial charge in [-0.1, -0.05) is 30.3 Å². The van der Waals surface area contributed by atoms with Crippen molar-refractivity contribution in [2.75, 3.05) is 11.4 Å². The normalized spacial score (nSPS) is 15.9. The SMILES string of the molecule is C=C(O/N=C(/C)N)c1ccc2c(c1)N(c1ccc(Cl)cc1)C[C@@H](C)c1nnc(C)n1-2. The van der Waals surface area contributed by atoms with E-state index < -0.39 is 0 Å². The van der Waals surface area contributed by atoms with Crippen LogP contribution >= 0.6 is 11.6 Å². The lowest BCUT2D eigenvalue weighted by molar-refractivity contribution is 0.298. The van der Waals surface area contributed by atoms with Gasteiger partial charge in [-0.2, -0.15) is 0 Å². The molecule has 1 atom stereocenters. The molecule has 4 rings (SSSR count). The number of nitrogens with zero attached hydrogens (tertiary/aromatic N) is 5. The number of hydrogen-bond donors (Lipinski definition) is 1. The molecule has 8 heteroatoms. The first-order chi connectivity index (χ1) is 14.3. The van der Waals surface area contributed by atoms with Crippen molar-refractivity contribution in [1.29, 1.82) is 0 Å². The average Bonchev–Trinajstić information content (AvgIpc) is 3.06. The summed E-state index contributed by atoms with van der Waals surface area (Å²) in [6.07, 6.45) is 0. The van der Waals surface area contributed by atoms with Crippen LogP contribution in [0.3, 0.4) is 0 Å². The van der Waals surface area contributed by atoms with Gasteiger partial charge < -0.3 is 15.5 Å². The number of amidine groups is 1. The lowest BCUT2D eigenvalue weighted by Gasteiger charge is -2.27. The summed E-state index contributed by atoms with van der Waals surface area (Å²) in [4.78, 5) is 7.62. The molecular formula is C22H23ClN6O. The predicted molar refractivity (Wildman–Crippen MR) is 120 cm³/mol. The van der Waals surface area contributed by atoms with E-state index >= 15 is 0 Å². The van der Waals surface area contributed by atoms with E-state index in [2.05, 4.69) is 38.3 Å². The van der Waals surface area contributed by atoms with E-state index in [1.807, 2.05) is 49.4 Å². The largest absolute Gasteiger partial charge is 0.385 e. The first-order valence-electron chi connectivity index (χ1n) is 9.61. The second-order valence-electron chi connectivity index (χ2n) is 7.38. The minimum Gasteiger partial charge on any atom is -0.385 e. The molecule has 3 aromatic rings. The minimum absolute atomic E-state index is 0.154. The third-order valence-electron chi connectivity index (χ3n) is 5.01. The highest BCUT2D eigenvalue weighted by molar-refractivity contribution is 6.30.